The van der Waals surface area contributed by atoms with Crippen molar-refractivity contribution in [2.24, 2.45) is 22.7 Å². The molecule has 1 aliphatic heterocycles. The summed E-state index contributed by atoms with van der Waals surface area (Å²) in [5.74, 6) is -1.33. The van der Waals surface area contributed by atoms with Gasteiger partial charge >= 0.3 is 0 Å². The number of ketones is 1. The van der Waals surface area contributed by atoms with Gasteiger partial charge in [0.1, 0.15) is 5.75 Å². The first-order valence-electron chi connectivity index (χ1n) is 13.5. The summed E-state index contributed by atoms with van der Waals surface area (Å²) in [5.41, 5.74) is 2.08. The number of anilines is 1. The molecule has 1 saturated carbocycles. The van der Waals surface area contributed by atoms with Crippen LogP contribution in [0.5, 0.6) is 5.75 Å². The van der Waals surface area contributed by atoms with Crippen LogP contribution in [0.25, 0.3) is 11.1 Å². The number of fused-ring (bicyclic) bond motifs is 5. The van der Waals surface area contributed by atoms with Crippen LogP contribution < -0.4 is 9.64 Å². The lowest BCUT2D eigenvalue weighted by Gasteiger charge is -2.38. The molecule has 0 unspecified atom stereocenters. The first kappa shape index (κ1) is 24.4. The van der Waals surface area contributed by atoms with E-state index < -0.39 is 22.7 Å². The normalized spacial score (nSPS) is 27.9. The van der Waals surface area contributed by atoms with Gasteiger partial charge in [0.05, 0.1) is 35.0 Å². The fourth-order valence-corrected chi connectivity index (χ4v) is 7.57. The van der Waals surface area contributed by atoms with Crippen molar-refractivity contribution >= 4 is 34.4 Å². The maximum Gasteiger partial charge on any atom is 0.239 e. The van der Waals surface area contributed by atoms with Crippen LogP contribution >= 0.6 is 0 Å². The zero-order chi connectivity index (χ0) is 26.7. The largest absolute Gasteiger partial charge is 0.494 e. The summed E-state index contributed by atoms with van der Waals surface area (Å²) in [6.45, 7) is 6.40. The molecule has 5 heteroatoms. The third-order valence-electron chi connectivity index (χ3n) is 8.97. The van der Waals surface area contributed by atoms with Crippen molar-refractivity contribution < 1.29 is 19.1 Å². The summed E-state index contributed by atoms with van der Waals surface area (Å²) >= 11 is 0. The van der Waals surface area contributed by atoms with Crippen LogP contribution in [0.15, 0.2) is 84.9 Å². The van der Waals surface area contributed by atoms with Crippen LogP contribution in [-0.2, 0) is 14.4 Å². The molecule has 38 heavy (non-hydrogen) atoms. The molecule has 0 aromatic heterocycles. The van der Waals surface area contributed by atoms with E-state index in [1.165, 1.54) is 4.90 Å². The molecule has 3 aromatic rings. The number of nitrogens with zero attached hydrogens (tertiary/aromatic N) is 1. The third kappa shape index (κ3) is 2.90. The Morgan fingerprint density at radius 1 is 0.658 bits per heavy atom. The first-order valence-corrected chi connectivity index (χ1v) is 13.5. The third-order valence-corrected chi connectivity index (χ3v) is 8.97. The van der Waals surface area contributed by atoms with E-state index >= 15 is 0 Å². The van der Waals surface area contributed by atoms with Gasteiger partial charge in [0, 0.05) is 0 Å². The number of ether oxygens (including phenoxy) is 1. The molecule has 2 fully saturated rings. The molecule has 0 N–H and O–H groups in total. The zero-order valence-electron chi connectivity index (χ0n) is 21.9. The van der Waals surface area contributed by atoms with E-state index in [0.717, 1.165) is 22.3 Å². The van der Waals surface area contributed by atoms with Crippen LogP contribution in [0.2, 0.25) is 0 Å². The van der Waals surface area contributed by atoms with Gasteiger partial charge < -0.3 is 4.74 Å². The minimum absolute atomic E-state index is 0.0238. The van der Waals surface area contributed by atoms with E-state index in [1.54, 1.807) is 24.3 Å². The van der Waals surface area contributed by atoms with E-state index in [2.05, 4.69) is 0 Å². The van der Waals surface area contributed by atoms with Gasteiger partial charge in [-0.25, -0.2) is 4.90 Å². The molecule has 1 saturated heterocycles. The summed E-state index contributed by atoms with van der Waals surface area (Å²) in [7, 11) is 0. The van der Waals surface area contributed by atoms with E-state index in [0.29, 0.717) is 30.9 Å². The second kappa shape index (κ2) is 8.80. The van der Waals surface area contributed by atoms with Crippen LogP contribution in [0.1, 0.15) is 44.7 Å². The maximum absolute atomic E-state index is 14.7. The highest BCUT2D eigenvalue weighted by Crippen LogP contribution is 2.75. The molecule has 2 amide bonds. The fourth-order valence-electron chi connectivity index (χ4n) is 7.57. The molecular formula is C33H31NO4. The molecule has 1 heterocycles. The minimum Gasteiger partial charge on any atom is -0.494 e. The second-order valence-corrected chi connectivity index (χ2v) is 10.4. The molecule has 2 aliphatic carbocycles. The number of hydrogen-bond donors (Lipinski definition) is 0. The van der Waals surface area contributed by atoms with Crippen molar-refractivity contribution in [3.63, 3.8) is 0 Å². The average Bonchev–Trinajstić information content (AvgIpc) is 3.46. The molecule has 0 spiro atoms. The van der Waals surface area contributed by atoms with Crippen LogP contribution in [0.4, 0.5) is 5.69 Å². The summed E-state index contributed by atoms with van der Waals surface area (Å²) in [6, 6.07) is 26.9. The highest BCUT2D eigenvalue weighted by Gasteiger charge is 2.80. The van der Waals surface area contributed by atoms with Crippen molar-refractivity contribution in [1.82, 2.24) is 0 Å². The number of allylic oxidation sites excluding steroid dienone is 2. The number of carbonyl (C=O) groups excluding carboxylic acids is 3. The molecule has 0 radical (unpaired) electrons. The topological polar surface area (TPSA) is 63.7 Å². The Hall–Kier alpha value is -3.99. The molecule has 192 valence electrons. The highest BCUT2D eigenvalue weighted by atomic mass is 16.5. The molecule has 5 nitrogen and oxygen atoms in total. The van der Waals surface area contributed by atoms with Gasteiger partial charge in [-0.3, -0.25) is 14.4 Å². The molecule has 4 atom stereocenters. The van der Waals surface area contributed by atoms with Crippen LogP contribution in [0.3, 0.4) is 0 Å². The number of benzene rings is 3. The quantitative estimate of drug-likeness (QED) is 0.359. The lowest BCUT2D eigenvalue weighted by molar-refractivity contribution is -0.134. The van der Waals surface area contributed by atoms with E-state index in [9.17, 15) is 14.4 Å². The van der Waals surface area contributed by atoms with Crippen molar-refractivity contribution in [3.05, 3.63) is 96.1 Å². The summed E-state index contributed by atoms with van der Waals surface area (Å²) < 4.78 is 5.56. The van der Waals surface area contributed by atoms with Gasteiger partial charge in [0.25, 0.3) is 0 Å². The number of amides is 2. The summed E-state index contributed by atoms with van der Waals surface area (Å²) in [4.78, 5) is 44.6. The molecule has 3 aromatic carbocycles. The number of imide groups is 1. The summed E-state index contributed by atoms with van der Waals surface area (Å²) in [6.07, 6.45) is 0.900. The molecule has 3 aliphatic rings. The van der Waals surface area contributed by atoms with Crippen LogP contribution in [0, 0.1) is 22.7 Å². The van der Waals surface area contributed by atoms with Gasteiger partial charge in [0.15, 0.2) is 5.78 Å². The van der Waals surface area contributed by atoms with Crippen molar-refractivity contribution in [1.29, 1.82) is 0 Å². The van der Waals surface area contributed by atoms with E-state index in [-0.39, 0.29) is 17.6 Å². The van der Waals surface area contributed by atoms with Gasteiger partial charge in [-0.05, 0) is 66.3 Å². The van der Waals surface area contributed by atoms with Gasteiger partial charge in [0.2, 0.25) is 11.8 Å². The number of rotatable bonds is 7. The zero-order valence-corrected chi connectivity index (χ0v) is 21.9. The standard InChI is InChI=1S/C33H31NO4/c1-4-32-25(21-13-9-7-10-14-21)26(22-15-11-8-12-16-22)33(5-2,31(32)37)28-27(32)29(35)34(30(28)36)23-17-19-24(20-18-23)38-6-3/h7-20,27-28H,4-6H2,1-3H3/t27-,28-,32-,33-/m0/s1. The second-order valence-electron chi connectivity index (χ2n) is 10.4. The van der Waals surface area contributed by atoms with E-state index in [1.807, 2.05) is 81.4 Å². The smallest absolute Gasteiger partial charge is 0.239 e. The molecule has 6 rings (SSSR count). The Morgan fingerprint density at radius 3 is 1.50 bits per heavy atom. The summed E-state index contributed by atoms with van der Waals surface area (Å²) in [5, 5.41) is 0. The number of carbonyl (C=O) groups is 3. The monoisotopic (exact) mass is 505 g/mol. The number of Topliss-reactive ketones (excluding diaryl/α,β-unsaturated/α-hetero) is 1. The Labute approximate surface area is 223 Å². The van der Waals surface area contributed by atoms with Gasteiger partial charge in [-0.1, -0.05) is 74.5 Å². The first-order chi connectivity index (χ1) is 18.5. The van der Waals surface area contributed by atoms with Gasteiger partial charge in [-0.15, -0.1) is 0 Å². The fraction of sp³-hybridized carbons (Fsp3) is 0.303. The Balaban J connectivity index is 1.60. The van der Waals surface area contributed by atoms with Crippen molar-refractivity contribution in [2.45, 2.75) is 33.6 Å². The highest BCUT2D eigenvalue weighted by molar-refractivity contribution is 6.34. The Morgan fingerprint density at radius 2 is 1.11 bits per heavy atom. The Kier molecular flexibility index (Phi) is 5.64. The molecule has 2 bridgehead atoms. The maximum atomic E-state index is 14.7. The lowest BCUT2D eigenvalue weighted by Crippen LogP contribution is -2.41. The van der Waals surface area contributed by atoms with Crippen LogP contribution in [-0.4, -0.2) is 24.2 Å². The van der Waals surface area contributed by atoms with Gasteiger partial charge in [-0.2, -0.15) is 0 Å². The predicted molar refractivity (Wildman–Crippen MR) is 147 cm³/mol. The van der Waals surface area contributed by atoms with Crippen molar-refractivity contribution in [2.75, 3.05) is 11.5 Å². The van der Waals surface area contributed by atoms with E-state index in [4.69, 9.17) is 4.74 Å². The predicted octanol–water partition coefficient (Wildman–Crippen LogP) is 6.19. The lowest BCUT2D eigenvalue weighted by atomic mass is 9.60. The minimum atomic E-state index is -1.07. The number of hydrogen-bond acceptors (Lipinski definition) is 4. The SMILES string of the molecule is CCOc1ccc(N2C(=O)[C@@H]3[C@@H](C2=O)[C@@]2(CC)C(=O)[C@@]3(CC)C(c3ccccc3)=C2c2ccccc2)cc1. The Bertz CT molecular complexity index is 1370. The molecular weight excluding hydrogens is 474 g/mol. The average molecular weight is 506 g/mol. The van der Waals surface area contributed by atoms with Crippen molar-refractivity contribution in [3.8, 4) is 5.75 Å².